The van der Waals surface area contributed by atoms with Crippen molar-refractivity contribution in [2.24, 2.45) is 0 Å². The zero-order valence-corrected chi connectivity index (χ0v) is 10.5. The minimum Gasteiger partial charge on any atom is -0.389 e. The lowest BCUT2D eigenvalue weighted by atomic mass is 10.0. The van der Waals surface area contributed by atoms with Gasteiger partial charge in [0, 0.05) is 11.4 Å². The molecule has 0 aromatic carbocycles. The summed E-state index contributed by atoms with van der Waals surface area (Å²) in [7, 11) is 0. The first-order valence-corrected chi connectivity index (χ1v) is 6.94. The molecule has 1 aromatic rings. The number of hydrogen-bond acceptors (Lipinski definition) is 3. The normalized spacial score (nSPS) is 19.6. The Hall–Kier alpha value is -0.540. The Balaban J connectivity index is 2.00. The second kappa shape index (κ2) is 5.69. The fraction of sp³-hybridized carbons (Fsp3) is 0.615. The van der Waals surface area contributed by atoms with Gasteiger partial charge in [-0.3, -0.25) is 0 Å². The molecular formula is C13H19NOS. The number of hydrogen-bond donors (Lipinski definition) is 1. The largest absolute Gasteiger partial charge is 0.389 e. The smallest absolute Gasteiger partial charge is 0.0966 e. The standard InChI is InChI=1S/C13H19NOS/c1-10(15)11-7-8-14-13(9-11)16-12-5-3-2-4-6-12/h7-10,12,15H,2-6H2,1H3/t10-/m1/s1. The third-order valence-corrected chi connectivity index (χ3v) is 4.35. The van der Waals surface area contributed by atoms with Crippen molar-refractivity contribution in [3.63, 3.8) is 0 Å². The van der Waals surface area contributed by atoms with Crippen LogP contribution >= 0.6 is 11.8 Å². The Kier molecular flexibility index (Phi) is 4.24. The molecule has 16 heavy (non-hydrogen) atoms. The summed E-state index contributed by atoms with van der Waals surface area (Å²) in [4.78, 5) is 4.37. The van der Waals surface area contributed by atoms with Crippen molar-refractivity contribution < 1.29 is 5.11 Å². The van der Waals surface area contributed by atoms with Crippen LogP contribution in [0.4, 0.5) is 0 Å². The summed E-state index contributed by atoms with van der Waals surface area (Å²) in [6.45, 7) is 1.80. The number of rotatable bonds is 3. The molecule has 1 saturated carbocycles. The first-order chi connectivity index (χ1) is 7.75. The van der Waals surface area contributed by atoms with Crippen LogP contribution < -0.4 is 0 Å². The van der Waals surface area contributed by atoms with Gasteiger partial charge in [0.05, 0.1) is 11.1 Å². The molecule has 0 spiro atoms. The minimum absolute atomic E-state index is 0.395. The summed E-state index contributed by atoms with van der Waals surface area (Å²) in [6.07, 6.45) is 8.12. The van der Waals surface area contributed by atoms with E-state index in [1.54, 1.807) is 13.1 Å². The molecule has 0 aliphatic heterocycles. The van der Waals surface area contributed by atoms with Gasteiger partial charge in [0.25, 0.3) is 0 Å². The summed E-state index contributed by atoms with van der Waals surface area (Å²) in [5.74, 6) is 0. The second-order valence-corrected chi connectivity index (χ2v) is 5.80. The Morgan fingerprint density at radius 3 is 2.81 bits per heavy atom. The highest BCUT2D eigenvalue weighted by Gasteiger charge is 2.15. The van der Waals surface area contributed by atoms with Crippen LogP contribution in [-0.4, -0.2) is 15.3 Å². The van der Waals surface area contributed by atoms with Crippen molar-refractivity contribution in [3.8, 4) is 0 Å². The van der Waals surface area contributed by atoms with Gasteiger partial charge in [-0.05, 0) is 37.5 Å². The van der Waals surface area contributed by atoms with E-state index < -0.39 is 6.10 Å². The molecule has 0 unspecified atom stereocenters. The molecule has 1 aliphatic carbocycles. The minimum atomic E-state index is -0.395. The van der Waals surface area contributed by atoms with Crippen molar-refractivity contribution in [2.75, 3.05) is 0 Å². The van der Waals surface area contributed by atoms with E-state index in [0.717, 1.165) is 15.8 Å². The number of thioether (sulfide) groups is 1. The predicted molar refractivity (Wildman–Crippen MR) is 67.6 cm³/mol. The molecule has 0 saturated heterocycles. The summed E-state index contributed by atoms with van der Waals surface area (Å²) < 4.78 is 0. The summed E-state index contributed by atoms with van der Waals surface area (Å²) in [6, 6.07) is 3.90. The van der Waals surface area contributed by atoms with Crippen molar-refractivity contribution in [2.45, 2.75) is 55.4 Å². The van der Waals surface area contributed by atoms with Gasteiger partial charge in [0.1, 0.15) is 0 Å². The van der Waals surface area contributed by atoms with Gasteiger partial charge in [-0.15, -0.1) is 11.8 Å². The van der Waals surface area contributed by atoms with Gasteiger partial charge >= 0.3 is 0 Å². The fourth-order valence-corrected chi connectivity index (χ4v) is 3.34. The lowest BCUT2D eigenvalue weighted by Gasteiger charge is -2.20. The quantitative estimate of drug-likeness (QED) is 0.872. The van der Waals surface area contributed by atoms with Crippen LogP contribution in [-0.2, 0) is 0 Å². The maximum Gasteiger partial charge on any atom is 0.0966 e. The molecule has 0 bridgehead atoms. The average Bonchev–Trinajstić information content (AvgIpc) is 2.30. The molecule has 1 N–H and O–H groups in total. The SMILES string of the molecule is C[C@@H](O)c1ccnc(SC2CCCCC2)c1. The average molecular weight is 237 g/mol. The number of pyridine rings is 1. The molecule has 1 atom stereocenters. The molecule has 1 fully saturated rings. The lowest BCUT2D eigenvalue weighted by Crippen LogP contribution is -2.08. The molecule has 2 rings (SSSR count). The highest BCUT2D eigenvalue weighted by atomic mass is 32.2. The molecule has 1 aromatic heterocycles. The van der Waals surface area contributed by atoms with E-state index in [-0.39, 0.29) is 0 Å². The Morgan fingerprint density at radius 1 is 1.38 bits per heavy atom. The fourth-order valence-electron chi connectivity index (χ4n) is 2.10. The monoisotopic (exact) mass is 237 g/mol. The molecule has 0 amide bonds. The molecule has 1 heterocycles. The third-order valence-electron chi connectivity index (χ3n) is 3.08. The number of nitrogens with zero attached hydrogens (tertiary/aromatic N) is 1. The molecule has 88 valence electrons. The maximum atomic E-state index is 9.52. The predicted octanol–water partition coefficient (Wildman–Crippen LogP) is 3.56. The van der Waals surface area contributed by atoms with Gasteiger partial charge in [0.2, 0.25) is 0 Å². The first kappa shape index (κ1) is 11.9. The van der Waals surface area contributed by atoms with Crippen molar-refractivity contribution in [1.29, 1.82) is 0 Å². The lowest BCUT2D eigenvalue weighted by molar-refractivity contribution is 0.199. The van der Waals surface area contributed by atoms with E-state index in [2.05, 4.69) is 4.98 Å². The van der Waals surface area contributed by atoms with Crippen molar-refractivity contribution in [3.05, 3.63) is 23.9 Å². The molecular weight excluding hydrogens is 218 g/mol. The molecule has 2 nitrogen and oxygen atoms in total. The summed E-state index contributed by atoms with van der Waals surface area (Å²) in [5.41, 5.74) is 0.966. The van der Waals surface area contributed by atoms with Crippen LogP contribution in [0.15, 0.2) is 23.4 Å². The third kappa shape index (κ3) is 3.22. The van der Waals surface area contributed by atoms with E-state index in [4.69, 9.17) is 0 Å². The first-order valence-electron chi connectivity index (χ1n) is 6.06. The van der Waals surface area contributed by atoms with E-state index in [0.29, 0.717) is 0 Å². The van der Waals surface area contributed by atoms with Gasteiger partial charge in [-0.25, -0.2) is 4.98 Å². The Labute approximate surface area is 101 Å². The van der Waals surface area contributed by atoms with E-state index in [1.165, 1.54) is 32.1 Å². The zero-order valence-electron chi connectivity index (χ0n) is 9.72. The molecule has 1 aliphatic rings. The van der Waals surface area contributed by atoms with Crippen molar-refractivity contribution >= 4 is 11.8 Å². The van der Waals surface area contributed by atoms with Crippen LogP contribution in [0.2, 0.25) is 0 Å². The van der Waals surface area contributed by atoms with Crippen LogP contribution in [0.25, 0.3) is 0 Å². The Morgan fingerprint density at radius 2 is 2.12 bits per heavy atom. The van der Waals surface area contributed by atoms with Crippen molar-refractivity contribution in [1.82, 2.24) is 4.98 Å². The van der Waals surface area contributed by atoms with E-state index in [1.807, 2.05) is 23.9 Å². The molecule has 3 heteroatoms. The summed E-state index contributed by atoms with van der Waals surface area (Å²) in [5, 5.41) is 11.3. The topological polar surface area (TPSA) is 33.1 Å². The van der Waals surface area contributed by atoms with E-state index in [9.17, 15) is 5.11 Å². The molecule has 0 radical (unpaired) electrons. The summed E-state index contributed by atoms with van der Waals surface area (Å²) >= 11 is 1.87. The van der Waals surface area contributed by atoms with Gasteiger partial charge in [0.15, 0.2) is 0 Å². The second-order valence-electron chi connectivity index (χ2n) is 4.48. The highest BCUT2D eigenvalue weighted by molar-refractivity contribution is 7.99. The van der Waals surface area contributed by atoms with Crippen LogP contribution in [0.3, 0.4) is 0 Å². The number of aromatic nitrogens is 1. The zero-order chi connectivity index (χ0) is 11.4. The van der Waals surface area contributed by atoms with Gasteiger partial charge < -0.3 is 5.11 Å². The van der Waals surface area contributed by atoms with E-state index >= 15 is 0 Å². The number of aliphatic hydroxyl groups is 1. The highest BCUT2D eigenvalue weighted by Crippen LogP contribution is 2.33. The van der Waals surface area contributed by atoms with Crippen LogP contribution in [0.5, 0.6) is 0 Å². The maximum absolute atomic E-state index is 9.52. The number of aliphatic hydroxyl groups excluding tert-OH is 1. The van der Waals surface area contributed by atoms with Gasteiger partial charge in [-0.2, -0.15) is 0 Å². The van der Waals surface area contributed by atoms with Gasteiger partial charge in [-0.1, -0.05) is 19.3 Å². The Bertz CT molecular complexity index is 334. The van der Waals surface area contributed by atoms with Crippen LogP contribution in [0, 0.1) is 0 Å². The van der Waals surface area contributed by atoms with Crippen LogP contribution in [0.1, 0.15) is 50.7 Å².